The smallest absolute Gasteiger partial charge is 0.404 e. The van der Waals surface area contributed by atoms with Crippen molar-refractivity contribution in [2.24, 2.45) is 5.73 Å². The highest BCUT2D eigenvalue weighted by Gasteiger charge is 2.34. The number of aliphatic hydroxyl groups is 13. The fraction of sp³-hybridized carbons (Fsp3) is 0.955. The third-order valence-corrected chi connectivity index (χ3v) is 5.67. The van der Waals surface area contributed by atoms with Crippen LogP contribution >= 0.6 is 0 Å². The summed E-state index contributed by atoms with van der Waals surface area (Å²) >= 11 is 0. The number of nitrogens with zero attached hydrogens (tertiary/aromatic N) is 1. The maximum Gasteiger partial charge on any atom is 0.404 e. The molecule has 0 spiro atoms. The van der Waals surface area contributed by atoms with Gasteiger partial charge in [0.15, 0.2) is 0 Å². The van der Waals surface area contributed by atoms with E-state index in [0.29, 0.717) is 0 Å². The summed E-state index contributed by atoms with van der Waals surface area (Å²) in [6.07, 6.45) is -20.0. The van der Waals surface area contributed by atoms with Crippen molar-refractivity contribution in [2.75, 3.05) is 65.9 Å². The van der Waals surface area contributed by atoms with Gasteiger partial charge >= 0.3 is 6.09 Å². The third kappa shape index (κ3) is 16.7. The molecule has 11 atom stereocenters. The van der Waals surface area contributed by atoms with E-state index < -0.39 is 119 Å². The van der Waals surface area contributed by atoms with E-state index >= 15 is 0 Å². The highest BCUT2D eigenvalue weighted by molar-refractivity contribution is 5.64. The van der Waals surface area contributed by atoms with Gasteiger partial charge in [0.2, 0.25) is 0 Å². The Morgan fingerprint density at radius 3 is 1.24 bits per heavy atom. The largest absolute Gasteiger partial charge is 0.447 e. The molecule has 0 aromatic rings. The minimum absolute atomic E-state index is 0.293. The second-order valence-electron chi connectivity index (χ2n) is 9.48. The quantitative estimate of drug-likeness (QED) is 0.0482. The number of nitrogens with two attached hydrogens (primary N) is 1. The van der Waals surface area contributed by atoms with Crippen molar-refractivity contribution in [3.63, 3.8) is 0 Å². The molecule has 246 valence electrons. The summed E-state index contributed by atoms with van der Waals surface area (Å²) in [6, 6.07) is 0. The molecule has 19 nitrogen and oxygen atoms in total. The molecule has 0 rings (SSSR count). The van der Waals surface area contributed by atoms with Crippen LogP contribution in [0.5, 0.6) is 0 Å². The zero-order valence-corrected chi connectivity index (χ0v) is 22.4. The highest BCUT2D eigenvalue weighted by atomic mass is 16.6. The van der Waals surface area contributed by atoms with Gasteiger partial charge < -0.3 is 86.3 Å². The summed E-state index contributed by atoms with van der Waals surface area (Å²) in [7, 11) is 0. The lowest BCUT2D eigenvalue weighted by molar-refractivity contribution is -0.133. The predicted octanol–water partition coefficient (Wildman–Crippen LogP) is -8.63. The van der Waals surface area contributed by atoms with Gasteiger partial charge in [-0.05, 0) is 0 Å². The molecular formula is C22H46N2O17. The van der Waals surface area contributed by atoms with E-state index in [1.54, 1.807) is 0 Å². The molecule has 0 saturated heterocycles. The number of rotatable bonds is 24. The van der Waals surface area contributed by atoms with E-state index in [1.807, 2.05) is 0 Å². The van der Waals surface area contributed by atoms with Crippen LogP contribution < -0.4 is 5.73 Å². The number of hydrogen-bond acceptors (Lipinski definition) is 18. The second kappa shape index (κ2) is 21.3. The zero-order chi connectivity index (χ0) is 31.7. The van der Waals surface area contributed by atoms with Crippen LogP contribution in [0.4, 0.5) is 4.79 Å². The van der Waals surface area contributed by atoms with E-state index in [2.05, 4.69) is 4.74 Å². The Hall–Kier alpha value is -1.37. The van der Waals surface area contributed by atoms with Gasteiger partial charge in [0.05, 0.1) is 58.0 Å². The zero-order valence-electron chi connectivity index (χ0n) is 22.4. The van der Waals surface area contributed by atoms with Gasteiger partial charge in [0, 0.05) is 19.6 Å². The molecule has 0 aromatic heterocycles. The van der Waals surface area contributed by atoms with Crippen LogP contribution in [0.2, 0.25) is 0 Å². The van der Waals surface area contributed by atoms with E-state index in [1.165, 1.54) is 0 Å². The molecule has 0 saturated carbocycles. The molecule has 0 radical (unpaired) electrons. The second-order valence-corrected chi connectivity index (χ2v) is 9.48. The predicted molar refractivity (Wildman–Crippen MR) is 134 cm³/mol. The first-order valence-electron chi connectivity index (χ1n) is 12.6. The van der Waals surface area contributed by atoms with Crippen molar-refractivity contribution >= 4 is 6.09 Å². The van der Waals surface area contributed by atoms with Gasteiger partial charge in [0.25, 0.3) is 0 Å². The molecule has 1 amide bonds. The van der Waals surface area contributed by atoms with E-state index in [9.17, 15) is 61.0 Å². The molecule has 41 heavy (non-hydrogen) atoms. The van der Waals surface area contributed by atoms with Gasteiger partial charge in [-0.15, -0.1) is 0 Å². The lowest BCUT2D eigenvalue weighted by Crippen LogP contribution is -2.54. The monoisotopic (exact) mass is 610 g/mol. The Kier molecular flexibility index (Phi) is 20.6. The average Bonchev–Trinajstić information content (AvgIpc) is 2.93. The Morgan fingerprint density at radius 2 is 0.878 bits per heavy atom. The fourth-order valence-electron chi connectivity index (χ4n) is 3.40. The molecule has 3 unspecified atom stereocenters. The number of ether oxygens (including phenoxy) is 3. The molecular weight excluding hydrogens is 564 g/mol. The number of carbonyl (C=O) groups is 1. The Morgan fingerprint density at radius 1 is 0.537 bits per heavy atom. The number of hydrogen-bond donors (Lipinski definition) is 14. The van der Waals surface area contributed by atoms with Crippen LogP contribution in [0, 0.1) is 0 Å². The lowest BCUT2D eigenvalue weighted by Gasteiger charge is -2.34. The van der Waals surface area contributed by atoms with Crippen molar-refractivity contribution in [1.29, 1.82) is 0 Å². The molecule has 15 N–H and O–H groups in total. The van der Waals surface area contributed by atoms with Crippen molar-refractivity contribution in [3.8, 4) is 0 Å². The summed E-state index contributed by atoms with van der Waals surface area (Å²) in [5.74, 6) is 0. The van der Waals surface area contributed by atoms with Crippen LogP contribution in [0.25, 0.3) is 0 Å². The van der Waals surface area contributed by atoms with Crippen LogP contribution in [-0.2, 0) is 14.2 Å². The van der Waals surface area contributed by atoms with Crippen LogP contribution in [0.15, 0.2) is 0 Å². The van der Waals surface area contributed by atoms with Crippen molar-refractivity contribution in [1.82, 2.24) is 4.90 Å². The number of aliphatic hydroxyl groups excluding tert-OH is 13. The normalized spacial score (nSPS) is 20.3. The summed E-state index contributed by atoms with van der Waals surface area (Å²) in [6.45, 7) is -5.21. The lowest BCUT2D eigenvalue weighted by atomic mass is 10.0. The SMILES string of the molecule is NC(=O)OCC(O)COCC(O)COCC(O)CN(C[C@H](O)[C@@H](O)[C@H](O)[C@H](O)CO)C[C@H](O)[C@@H](O)[C@H](O)[C@H](O)CO. The number of primary amides is 1. The van der Waals surface area contributed by atoms with Gasteiger partial charge in [-0.25, -0.2) is 4.79 Å². The number of carbonyl (C=O) groups excluding carboxylic acids is 1. The molecule has 0 fully saturated rings. The molecule has 19 heteroatoms. The van der Waals surface area contributed by atoms with Crippen LogP contribution in [0.1, 0.15) is 0 Å². The van der Waals surface area contributed by atoms with E-state index in [0.717, 1.165) is 4.90 Å². The summed E-state index contributed by atoms with van der Waals surface area (Å²) in [4.78, 5) is 11.6. The first-order chi connectivity index (χ1) is 19.1. The molecule has 0 heterocycles. The minimum Gasteiger partial charge on any atom is -0.447 e. The highest BCUT2D eigenvalue weighted by Crippen LogP contribution is 2.11. The minimum atomic E-state index is -1.99. The Balaban J connectivity index is 5.00. The molecule has 0 aliphatic rings. The first kappa shape index (κ1) is 39.6. The van der Waals surface area contributed by atoms with E-state index in [-0.39, 0.29) is 19.8 Å². The van der Waals surface area contributed by atoms with Crippen molar-refractivity contribution in [3.05, 3.63) is 0 Å². The Bertz CT molecular complexity index is 652. The standard InChI is InChI=1S/C22H46N2O17/c23-22(38)41-10-13(29)9-40-8-12(28)7-39-6-11(27)1-24(2-14(30)18(34)20(36)16(32)4-25)3-15(31)19(35)21(37)17(33)5-26/h11-21,25-37H,1-10H2,(H2,23,38)/t11?,12?,13?,14-,15-,16+,17+,18+,19+,20+,21+/m0/s1. The third-order valence-electron chi connectivity index (χ3n) is 5.67. The molecule has 0 aliphatic heterocycles. The van der Waals surface area contributed by atoms with Gasteiger partial charge in [-0.2, -0.15) is 0 Å². The van der Waals surface area contributed by atoms with Crippen LogP contribution in [0.3, 0.4) is 0 Å². The van der Waals surface area contributed by atoms with Crippen molar-refractivity contribution < 1.29 is 85.4 Å². The van der Waals surface area contributed by atoms with E-state index in [4.69, 9.17) is 25.4 Å². The topological polar surface area (TPSA) is 337 Å². The number of amides is 1. The Labute approximate surface area is 235 Å². The molecule has 0 aliphatic carbocycles. The first-order valence-corrected chi connectivity index (χ1v) is 12.6. The summed E-state index contributed by atoms with van der Waals surface area (Å²) < 4.78 is 14.6. The average molecular weight is 611 g/mol. The summed E-state index contributed by atoms with van der Waals surface area (Å²) in [5, 5.41) is 127. The van der Waals surface area contributed by atoms with Gasteiger partial charge in [0.1, 0.15) is 55.4 Å². The van der Waals surface area contributed by atoms with Gasteiger partial charge in [-0.3, -0.25) is 4.90 Å². The van der Waals surface area contributed by atoms with Crippen LogP contribution in [-0.4, -0.2) is 210 Å². The van der Waals surface area contributed by atoms with Crippen molar-refractivity contribution in [2.45, 2.75) is 67.1 Å². The fourth-order valence-corrected chi connectivity index (χ4v) is 3.40. The maximum absolute atomic E-state index is 10.5. The van der Waals surface area contributed by atoms with Gasteiger partial charge in [-0.1, -0.05) is 0 Å². The summed E-state index contributed by atoms with van der Waals surface area (Å²) in [5.41, 5.74) is 4.76. The molecule has 0 bridgehead atoms. The molecule has 0 aromatic carbocycles. The maximum atomic E-state index is 10.5.